The van der Waals surface area contributed by atoms with Crippen molar-refractivity contribution in [3.8, 4) is 0 Å². The predicted octanol–water partition coefficient (Wildman–Crippen LogP) is 6.09. The van der Waals surface area contributed by atoms with Crippen LogP contribution in [-0.2, 0) is 4.74 Å². The Labute approximate surface area is 126 Å². The highest BCUT2D eigenvalue weighted by atomic mass is 16.5. The molecule has 0 radical (unpaired) electrons. The Balaban J connectivity index is 1.73. The number of rotatable bonds is 6. The lowest BCUT2D eigenvalue weighted by Crippen LogP contribution is -2.29. The minimum atomic E-state index is 0.505. The normalized spacial score (nSPS) is 35.3. The summed E-state index contributed by atoms with van der Waals surface area (Å²) in [6.07, 6.45) is 19.8. The van der Waals surface area contributed by atoms with Crippen molar-refractivity contribution in [1.29, 1.82) is 0 Å². The lowest BCUT2D eigenvalue weighted by molar-refractivity contribution is 0.0513. The monoisotopic (exact) mass is 278 g/mol. The summed E-state index contributed by atoms with van der Waals surface area (Å²) in [5, 5.41) is 0. The van der Waals surface area contributed by atoms with Crippen molar-refractivity contribution in [1.82, 2.24) is 0 Å². The molecule has 0 aromatic rings. The Morgan fingerprint density at radius 3 is 2.45 bits per heavy atom. The summed E-state index contributed by atoms with van der Waals surface area (Å²) in [7, 11) is 0. The highest BCUT2D eigenvalue weighted by Gasteiger charge is 2.31. The molecule has 0 saturated heterocycles. The van der Waals surface area contributed by atoms with Gasteiger partial charge < -0.3 is 4.74 Å². The zero-order chi connectivity index (χ0) is 14.2. The SMILES string of the molecule is CCC/C=C/OC1CCCC(C2CCC(CC)CC2)C1. The molecule has 2 saturated carbocycles. The summed E-state index contributed by atoms with van der Waals surface area (Å²) in [5.41, 5.74) is 0. The van der Waals surface area contributed by atoms with Gasteiger partial charge in [0.25, 0.3) is 0 Å². The average molecular weight is 278 g/mol. The van der Waals surface area contributed by atoms with E-state index < -0.39 is 0 Å². The minimum absolute atomic E-state index is 0.505. The van der Waals surface area contributed by atoms with Crippen LogP contribution < -0.4 is 0 Å². The predicted molar refractivity (Wildman–Crippen MR) is 86.6 cm³/mol. The zero-order valence-corrected chi connectivity index (χ0v) is 13.7. The van der Waals surface area contributed by atoms with E-state index in [0.29, 0.717) is 6.10 Å². The van der Waals surface area contributed by atoms with E-state index in [2.05, 4.69) is 19.9 Å². The molecule has 20 heavy (non-hydrogen) atoms. The molecule has 0 amide bonds. The summed E-state index contributed by atoms with van der Waals surface area (Å²) in [5.74, 6) is 2.98. The standard InChI is InChI=1S/C19H34O/c1-3-5-6-14-20-19-9-7-8-18(15-19)17-12-10-16(4-2)11-13-17/h6,14,16-19H,3-5,7-13,15H2,1-2H3/b14-6+. The van der Waals surface area contributed by atoms with Crippen LogP contribution in [0.4, 0.5) is 0 Å². The second-order valence-electron chi connectivity index (χ2n) is 7.03. The van der Waals surface area contributed by atoms with E-state index in [9.17, 15) is 0 Å². The summed E-state index contributed by atoms with van der Waals surface area (Å²) < 4.78 is 5.97. The van der Waals surface area contributed by atoms with E-state index in [1.165, 1.54) is 64.2 Å². The van der Waals surface area contributed by atoms with Gasteiger partial charge in [0.05, 0.1) is 12.4 Å². The molecule has 0 spiro atoms. The van der Waals surface area contributed by atoms with Crippen LogP contribution in [0.1, 0.15) is 84.5 Å². The molecule has 2 aliphatic carbocycles. The van der Waals surface area contributed by atoms with Crippen LogP contribution in [0.5, 0.6) is 0 Å². The van der Waals surface area contributed by atoms with Crippen LogP contribution in [0.25, 0.3) is 0 Å². The molecule has 2 atom stereocenters. The number of unbranched alkanes of at least 4 members (excludes halogenated alkanes) is 1. The maximum atomic E-state index is 5.97. The van der Waals surface area contributed by atoms with Gasteiger partial charge in [0.1, 0.15) is 0 Å². The van der Waals surface area contributed by atoms with Gasteiger partial charge in [0.15, 0.2) is 0 Å². The molecule has 116 valence electrons. The molecular formula is C19H34O. The topological polar surface area (TPSA) is 9.23 Å². The highest BCUT2D eigenvalue weighted by molar-refractivity contribution is 4.84. The van der Waals surface area contributed by atoms with Crippen molar-refractivity contribution in [3.63, 3.8) is 0 Å². The minimum Gasteiger partial charge on any atom is -0.498 e. The van der Waals surface area contributed by atoms with Crippen LogP contribution in [0.2, 0.25) is 0 Å². The van der Waals surface area contributed by atoms with Gasteiger partial charge in [-0.15, -0.1) is 0 Å². The zero-order valence-electron chi connectivity index (χ0n) is 13.7. The van der Waals surface area contributed by atoms with Gasteiger partial charge in [-0.05, 0) is 68.8 Å². The summed E-state index contributed by atoms with van der Waals surface area (Å²) >= 11 is 0. The first-order chi connectivity index (χ1) is 9.83. The smallest absolute Gasteiger partial charge is 0.0981 e. The summed E-state index contributed by atoms with van der Waals surface area (Å²) in [6.45, 7) is 4.58. The van der Waals surface area contributed by atoms with Crippen LogP contribution in [-0.4, -0.2) is 6.10 Å². The Bertz CT molecular complexity index is 275. The second kappa shape index (κ2) is 8.74. The fraction of sp³-hybridized carbons (Fsp3) is 0.895. The first-order valence-electron chi connectivity index (χ1n) is 9.13. The third-order valence-electron chi connectivity index (χ3n) is 5.62. The highest BCUT2D eigenvalue weighted by Crippen LogP contribution is 2.41. The first kappa shape index (κ1) is 15.9. The van der Waals surface area contributed by atoms with E-state index in [1.807, 2.05) is 6.26 Å². The fourth-order valence-corrected chi connectivity index (χ4v) is 4.20. The first-order valence-corrected chi connectivity index (χ1v) is 9.13. The van der Waals surface area contributed by atoms with Crippen molar-refractivity contribution in [2.24, 2.45) is 17.8 Å². The number of allylic oxidation sites excluding steroid dienone is 1. The Morgan fingerprint density at radius 2 is 1.75 bits per heavy atom. The van der Waals surface area contributed by atoms with E-state index in [1.54, 1.807) is 0 Å². The van der Waals surface area contributed by atoms with Crippen molar-refractivity contribution < 1.29 is 4.74 Å². The summed E-state index contributed by atoms with van der Waals surface area (Å²) in [4.78, 5) is 0. The lowest BCUT2D eigenvalue weighted by Gasteiger charge is -2.38. The number of hydrogen-bond donors (Lipinski definition) is 0. The van der Waals surface area contributed by atoms with Crippen LogP contribution in [0, 0.1) is 17.8 Å². The van der Waals surface area contributed by atoms with Gasteiger partial charge >= 0.3 is 0 Å². The Kier molecular flexibility index (Phi) is 6.96. The molecule has 2 aliphatic rings. The van der Waals surface area contributed by atoms with Gasteiger partial charge in [-0.2, -0.15) is 0 Å². The molecule has 0 aromatic heterocycles. The summed E-state index contributed by atoms with van der Waals surface area (Å²) in [6, 6.07) is 0. The van der Waals surface area contributed by atoms with Gasteiger partial charge in [0.2, 0.25) is 0 Å². The van der Waals surface area contributed by atoms with Gasteiger partial charge in [0, 0.05) is 0 Å². The van der Waals surface area contributed by atoms with Crippen molar-refractivity contribution in [2.75, 3.05) is 0 Å². The van der Waals surface area contributed by atoms with Crippen LogP contribution >= 0.6 is 0 Å². The van der Waals surface area contributed by atoms with Crippen LogP contribution in [0.15, 0.2) is 12.3 Å². The number of hydrogen-bond acceptors (Lipinski definition) is 1. The molecule has 0 heterocycles. The maximum absolute atomic E-state index is 5.97. The van der Waals surface area contributed by atoms with E-state index in [4.69, 9.17) is 4.74 Å². The van der Waals surface area contributed by atoms with E-state index in [0.717, 1.165) is 24.2 Å². The molecule has 0 aromatic carbocycles. The maximum Gasteiger partial charge on any atom is 0.0981 e. The van der Waals surface area contributed by atoms with Crippen molar-refractivity contribution in [2.45, 2.75) is 90.6 Å². The molecule has 0 bridgehead atoms. The molecule has 2 unspecified atom stereocenters. The molecule has 2 fully saturated rings. The van der Waals surface area contributed by atoms with E-state index in [-0.39, 0.29) is 0 Å². The third-order valence-corrected chi connectivity index (χ3v) is 5.62. The largest absolute Gasteiger partial charge is 0.498 e. The average Bonchev–Trinajstić information content (AvgIpc) is 2.52. The van der Waals surface area contributed by atoms with Gasteiger partial charge in [-0.3, -0.25) is 0 Å². The third kappa shape index (κ3) is 4.82. The van der Waals surface area contributed by atoms with Crippen molar-refractivity contribution >= 4 is 0 Å². The molecular weight excluding hydrogens is 244 g/mol. The fourth-order valence-electron chi connectivity index (χ4n) is 4.20. The number of ether oxygens (including phenoxy) is 1. The van der Waals surface area contributed by atoms with Crippen LogP contribution in [0.3, 0.4) is 0 Å². The molecule has 2 rings (SSSR count). The molecule has 1 heteroatoms. The Hall–Kier alpha value is -0.460. The lowest BCUT2D eigenvalue weighted by atomic mass is 9.70. The Morgan fingerprint density at radius 1 is 0.950 bits per heavy atom. The molecule has 1 nitrogen and oxygen atoms in total. The molecule has 0 aliphatic heterocycles. The van der Waals surface area contributed by atoms with E-state index >= 15 is 0 Å². The second-order valence-corrected chi connectivity index (χ2v) is 7.03. The van der Waals surface area contributed by atoms with Crippen molar-refractivity contribution in [3.05, 3.63) is 12.3 Å². The quantitative estimate of drug-likeness (QED) is 0.534. The van der Waals surface area contributed by atoms with Gasteiger partial charge in [-0.1, -0.05) is 39.5 Å². The molecule has 0 N–H and O–H groups in total. The van der Waals surface area contributed by atoms with Gasteiger partial charge in [-0.25, -0.2) is 0 Å².